The first-order chi connectivity index (χ1) is 15.1. The van der Waals surface area contributed by atoms with Crippen LogP contribution in [0.5, 0.6) is 5.75 Å². The molecular formula is C25H23NO5. The number of amides is 1. The van der Waals surface area contributed by atoms with Crippen molar-refractivity contribution in [3.05, 3.63) is 82.2 Å². The van der Waals surface area contributed by atoms with Gasteiger partial charge in [-0.15, -0.1) is 0 Å². The minimum atomic E-state index is -0.676. The third-order valence-electron chi connectivity index (χ3n) is 5.30. The summed E-state index contributed by atoms with van der Waals surface area (Å²) in [6.45, 7) is 1.49. The van der Waals surface area contributed by atoms with E-state index in [0.717, 1.165) is 32.4 Å². The Morgan fingerprint density at radius 2 is 1.74 bits per heavy atom. The fourth-order valence-electron chi connectivity index (χ4n) is 3.61. The Morgan fingerprint density at radius 1 is 1.00 bits per heavy atom. The predicted octanol–water partition coefficient (Wildman–Crippen LogP) is 4.08. The Labute approximate surface area is 179 Å². The zero-order chi connectivity index (χ0) is 21.6. The second-order valence-corrected chi connectivity index (χ2v) is 7.45. The number of fused-ring (bicyclic) bond motifs is 1. The fraction of sp³-hybridized carbons (Fsp3) is 0.240. The molecule has 2 aromatic carbocycles. The van der Waals surface area contributed by atoms with E-state index >= 15 is 0 Å². The van der Waals surface area contributed by atoms with Crippen molar-refractivity contribution in [1.29, 1.82) is 0 Å². The van der Waals surface area contributed by atoms with Crippen molar-refractivity contribution >= 4 is 28.7 Å². The molecule has 1 amide bonds. The molecule has 6 nitrogen and oxygen atoms in total. The number of nitrogens with zero attached hydrogens (tertiary/aromatic N) is 1. The number of carbonyl (C=O) groups is 2. The van der Waals surface area contributed by atoms with E-state index < -0.39 is 11.4 Å². The van der Waals surface area contributed by atoms with Gasteiger partial charge in [0.15, 0.2) is 12.4 Å². The van der Waals surface area contributed by atoms with Gasteiger partial charge < -0.3 is 14.1 Å². The van der Waals surface area contributed by atoms with Crippen molar-refractivity contribution in [3.8, 4) is 5.75 Å². The van der Waals surface area contributed by atoms with E-state index in [-0.39, 0.29) is 18.1 Å². The van der Waals surface area contributed by atoms with E-state index in [4.69, 9.17) is 9.15 Å². The lowest BCUT2D eigenvalue weighted by atomic mass is 10.1. The van der Waals surface area contributed by atoms with Gasteiger partial charge in [-0.05, 0) is 49.6 Å². The van der Waals surface area contributed by atoms with E-state index in [1.165, 1.54) is 12.1 Å². The molecule has 31 heavy (non-hydrogen) atoms. The Bertz CT molecular complexity index is 1190. The molecule has 0 saturated carbocycles. The van der Waals surface area contributed by atoms with E-state index in [1.54, 1.807) is 42.5 Å². The van der Waals surface area contributed by atoms with Crippen LogP contribution in [-0.2, 0) is 4.79 Å². The van der Waals surface area contributed by atoms with Crippen LogP contribution in [0.15, 0.2) is 69.9 Å². The van der Waals surface area contributed by atoms with Gasteiger partial charge in [-0.25, -0.2) is 4.79 Å². The standard InChI is InChI=1S/C25H23NO5/c27-21(20-16-19-9-3-5-11-23(19)31-25(20)29)13-12-18-8-2-4-10-22(18)30-17-24(28)26-14-6-1-7-15-26/h2-5,8-13,16H,1,6-7,14-15,17H2/b13-12+. The van der Waals surface area contributed by atoms with Crippen LogP contribution in [0.3, 0.4) is 0 Å². The third kappa shape index (κ3) is 4.91. The number of piperidine rings is 1. The number of carbonyl (C=O) groups excluding carboxylic acids is 2. The van der Waals surface area contributed by atoms with Crippen LogP contribution in [0.2, 0.25) is 0 Å². The average molecular weight is 417 g/mol. The number of ketones is 1. The zero-order valence-corrected chi connectivity index (χ0v) is 17.1. The maximum absolute atomic E-state index is 12.6. The summed E-state index contributed by atoms with van der Waals surface area (Å²) in [5, 5.41) is 0.679. The first-order valence-corrected chi connectivity index (χ1v) is 10.4. The summed E-state index contributed by atoms with van der Waals surface area (Å²) in [6.07, 6.45) is 6.10. The molecule has 1 aliphatic rings. The molecule has 1 aliphatic heterocycles. The van der Waals surface area contributed by atoms with Gasteiger partial charge in [-0.2, -0.15) is 0 Å². The largest absolute Gasteiger partial charge is 0.483 e. The highest BCUT2D eigenvalue weighted by Crippen LogP contribution is 2.21. The molecule has 1 saturated heterocycles. The lowest BCUT2D eigenvalue weighted by Crippen LogP contribution is -2.38. The molecule has 1 aromatic heterocycles. The molecule has 0 radical (unpaired) electrons. The number of benzene rings is 2. The number of hydrogen-bond acceptors (Lipinski definition) is 5. The van der Waals surface area contributed by atoms with Crippen LogP contribution < -0.4 is 10.4 Å². The van der Waals surface area contributed by atoms with Crippen LogP contribution in [0.1, 0.15) is 35.2 Å². The number of allylic oxidation sites excluding steroid dienone is 1. The number of ether oxygens (including phenoxy) is 1. The highest BCUT2D eigenvalue weighted by Gasteiger charge is 2.17. The van der Waals surface area contributed by atoms with Crippen molar-refractivity contribution in [2.45, 2.75) is 19.3 Å². The summed E-state index contributed by atoms with van der Waals surface area (Å²) in [5.41, 5.74) is 0.372. The zero-order valence-electron chi connectivity index (χ0n) is 17.1. The number of rotatable bonds is 6. The second kappa shape index (κ2) is 9.43. The van der Waals surface area contributed by atoms with Crippen LogP contribution in [0.4, 0.5) is 0 Å². The van der Waals surface area contributed by atoms with Gasteiger partial charge in [-0.3, -0.25) is 9.59 Å². The van der Waals surface area contributed by atoms with Gasteiger partial charge in [0.1, 0.15) is 16.9 Å². The van der Waals surface area contributed by atoms with E-state index in [9.17, 15) is 14.4 Å². The molecule has 2 heterocycles. The monoisotopic (exact) mass is 417 g/mol. The van der Waals surface area contributed by atoms with Gasteiger partial charge in [0.25, 0.3) is 5.91 Å². The Hall–Kier alpha value is -3.67. The smallest absolute Gasteiger partial charge is 0.347 e. The van der Waals surface area contributed by atoms with Gasteiger partial charge in [0, 0.05) is 24.0 Å². The molecule has 3 aromatic rings. The molecule has 158 valence electrons. The van der Waals surface area contributed by atoms with Crippen molar-refractivity contribution < 1.29 is 18.7 Å². The number of hydrogen-bond donors (Lipinski definition) is 0. The highest BCUT2D eigenvalue weighted by molar-refractivity contribution is 6.07. The molecule has 0 spiro atoms. The minimum Gasteiger partial charge on any atom is -0.483 e. The van der Waals surface area contributed by atoms with Crippen LogP contribution in [0.25, 0.3) is 17.0 Å². The summed E-state index contributed by atoms with van der Waals surface area (Å²) in [6, 6.07) is 15.7. The van der Waals surface area contributed by atoms with Crippen LogP contribution in [-0.4, -0.2) is 36.3 Å². The third-order valence-corrected chi connectivity index (χ3v) is 5.30. The Balaban J connectivity index is 1.48. The number of likely N-dealkylation sites (tertiary alicyclic amines) is 1. The summed E-state index contributed by atoms with van der Waals surface area (Å²) >= 11 is 0. The van der Waals surface area contributed by atoms with Crippen molar-refractivity contribution in [1.82, 2.24) is 4.90 Å². The molecule has 0 atom stereocenters. The molecule has 0 unspecified atom stereocenters. The second-order valence-electron chi connectivity index (χ2n) is 7.45. The molecule has 0 aliphatic carbocycles. The molecule has 6 heteroatoms. The van der Waals surface area contributed by atoms with Crippen LogP contribution >= 0.6 is 0 Å². The normalized spacial score (nSPS) is 14.1. The first kappa shape index (κ1) is 20.6. The Kier molecular flexibility index (Phi) is 6.26. The van der Waals surface area contributed by atoms with E-state index in [2.05, 4.69) is 0 Å². The number of para-hydroxylation sites is 2. The molecular weight excluding hydrogens is 394 g/mol. The predicted molar refractivity (Wildman–Crippen MR) is 118 cm³/mol. The lowest BCUT2D eigenvalue weighted by Gasteiger charge is -2.26. The van der Waals surface area contributed by atoms with Gasteiger partial charge in [0.2, 0.25) is 0 Å². The lowest BCUT2D eigenvalue weighted by molar-refractivity contribution is -0.134. The molecule has 1 fully saturated rings. The molecule has 0 bridgehead atoms. The maximum atomic E-state index is 12.6. The average Bonchev–Trinajstić information content (AvgIpc) is 2.81. The van der Waals surface area contributed by atoms with Gasteiger partial charge in [0.05, 0.1) is 0 Å². The quantitative estimate of drug-likeness (QED) is 0.343. The summed E-state index contributed by atoms with van der Waals surface area (Å²) < 4.78 is 11.0. The van der Waals surface area contributed by atoms with Crippen molar-refractivity contribution in [2.24, 2.45) is 0 Å². The highest BCUT2D eigenvalue weighted by atomic mass is 16.5. The summed E-state index contributed by atoms with van der Waals surface area (Å²) in [7, 11) is 0. The van der Waals surface area contributed by atoms with Gasteiger partial charge in [-0.1, -0.05) is 36.4 Å². The van der Waals surface area contributed by atoms with E-state index in [0.29, 0.717) is 22.3 Å². The fourth-order valence-corrected chi connectivity index (χ4v) is 3.61. The minimum absolute atomic E-state index is 0.0337. The first-order valence-electron chi connectivity index (χ1n) is 10.4. The Morgan fingerprint density at radius 3 is 2.58 bits per heavy atom. The maximum Gasteiger partial charge on any atom is 0.347 e. The molecule has 4 rings (SSSR count). The topological polar surface area (TPSA) is 76.8 Å². The SMILES string of the molecule is O=C(/C=C/c1ccccc1OCC(=O)N1CCCCC1)c1cc2ccccc2oc1=O. The molecule has 0 N–H and O–H groups in total. The van der Waals surface area contributed by atoms with E-state index in [1.807, 2.05) is 17.0 Å². The summed E-state index contributed by atoms with van der Waals surface area (Å²) in [4.78, 5) is 39.0. The summed E-state index contributed by atoms with van der Waals surface area (Å²) in [5.74, 6) is 0.00415. The van der Waals surface area contributed by atoms with Crippen LogP contribution in [0, 0.1) is 0 Å². The van der Waals surface area contributed by atoms with Crippen molar-refractivity contribution in [2.75, 3.05) is 19.7 Å². The van der Waals surface area contributed by atoms with Crippen molar-refractivity contribution in [3.63, 3.8) is 0 Å². The van der Waals surface area contributed by atoms with Gasteiger partial charge >= 0.3 is 5.63 Å².